The first kappa shape index (κ1) is 16.9. The van der Waals surface area contributed by atoms with Crippen molar-refractivity contribution in [3.8, 4) is 0 Å². The lowest BCUT2D eigenvalue weighted by Crippen LogP contribution is -2.26. The average Bonchev–Trinajstić information content (AvgIpc) is 2.38. The van der Waals surface area contributed by atoms with Crippen molar-refractivity contribution in [1.29, 1.82) is 0 Å². The van der Waals surface area contributed by atoms with Crippen LogP contribution in [0.25, 0.3) is 0 Å². The maximum absolute atomic E-state index is 4.49. The Kier molecular flexibility index (Phi) is 9.26. The summed E-state index contributed by atoms with van der Waals surface area (Å²) in [7, 11) is 0. The van der Waals surface area contributed by atoms with Crippen LogP contribution in [0.3, 0.4) is 0 Å². The van der Waals surface area contributed by atoms with Crippen LogP contribution in [0.15, 0.2) is 42.6 Å². The number of rotatable bonds is 10. The number of aliphatic imine (C=N–C) groups is 1. The maximum Gasteiger partial charge on any atom is 0.0462 e. The van der Waals surface area contributed by atoms with Gasteiger partial charge in [0.1, 0.15) is 0 Å². The third-order valence-electron chi connectivity index (χ3n) is 3.40. The van der Waals surface area contributed by atoms with E-state index in [1.807, 2.05) is 6.08 Å². The van der Waals surface area contributed by atoms with Crippen molar-refractivity contribution in [2.45, 2.75) is 59.3 Å². The molecule has 102 valence electrons. The van der Waals surface area contributed by atoms with Gasteiger partial charge in [0.2, 0.25) is 0 Å². The second kappa shape index (κ2) is 9.87. The van der Waals surface area contributed by atoms with Gasteiger partial charge in [0, 0.05) is 17.3 Å². The van der Waals surface area contributed by atoms with Crippen molar-refractivity contribution in [2.24, 2.45) is 10.4 Å². The lowest BCUT2D eigenvalue weighted by atomic mass is 9.75. The fraction of sp³-hybridized carbons (Fsp3) is 0.588. The van der Waals surface area contributed by atoms with E-state index in [1.165, 1.54) is 38.5 Å². The minimum Gasteiger partial charge on any atom is -0.261 e. The SMILES string of the molecule is C=C/C=C\C(=N/C=C)C(C)(CCCC)CCCC. The normalized spacial score (nSPS) is 12.9. The van der Waals surface area contributed by atoms with Gasteiger partial charge in [0.25, 0.3) is 0 Å². The highest BCUT2D eigenvalue weighted by Gasteiger charge is 2.27. The minimum absolute atomic E-state index is 0.166. The van der Waals surface area contributed by atoms with E-state index < -0.39 is 0 Å². The zero-order valence-electron chi connectivity index (χ0n) is 12.4. The van der Waals surface area contributed by atoms with Gasteiger partial charge in [0.05, 0.1) is 0 Å². The van der Waals surface area contributed by atoms with Crippen LogP contribution < -0.4 is 0 Å². The zero-order valence-corrected chi connectivity index (χ0v) is 12.4. The van der Waals surface area contributed by atoms with Crippen molar-refractivity contribution in [1.82, 2.24) is 0 Å². The Balaban J connectivity index is 5.06. The predicted molar refractivity (Wildman–Crippen MR) is 84.1 cm³/mol. The number of allylic oxidation sites excluding steroid dienone is 3. The Morgan fingerprint density at radius 3 is 2.06 bits per heavy atom. The molecule has 0 fully saturated rings. The maximum atomic E-state index is 4.49. The van der Waals surface area contributed by atoms with E-state index in [2.05, 4.69) is 45.0 Å². The van der Waals surface area contributed by atoms with Gasteiger partial charge in [-0.3, -0.25) is 4.99 Å². The first-order chi connectivity index (χ1) is 8.64. The number of unbranched alkanes of at least 4 members (excludes halogenated alkanes) is 2. The number of nitrogens with zero attached hydrogens (tertiary/aromatic N) is 1. The van der Waals surface area contributed by atoms with E-state index >= 15 is 0 Å². The average molecular weight is 247 g/mol. The summed E-state index contributed by atoms with van der Waals surface area (Å²) >= 11 is 0. The summed E-state index contributed by atoms with van der Waals surface area (Å²) in [4.78, 5) is 4.49. The molecule has 0 aromatic carbocycles. The predicted octanol–water partition coefficient (Wildman–Crippen LogP) is 5.70. The van der Waals surface area contributed by atoms with E-state index in [0.717, 1.165) is 5.71 Å². The molecule has 0 radical (unpaired) electrons. The van der Waals surface area contributed by atoms with Crippen molar-refractivity contribution >= 4 is 5.71 Å². The van der Waals surface area contributed by atoms with Crippen LogP contribution in [0.1, 0.15) is 59.3 Å². The Bertz CT molecular complexity index is 289. The van der Waals surface area contributed by atoms with Gasteiger partial charge in [-0.25, -0.2) is 0 Å². The molecule has 0 spiro atoms. The first-order valence-electron chi connectivity index (χ1n) is 7.12. The van der Waals surface area contributed by atoms with Crippen LogP contribution >= 0.6 is 0 Å². The van der Waals surface area contributed by atoms with Crippen molar-refractivity contribution < 1.29 is 0 Å². The standard InChI is InChI=1S/C17H29N/c1-6-10-13-16(18-9-4)17(5,14-11-7-2)15-12-8-3/h6,9-10,13H,1,4,7-8,11-12,14-15H2,2-3,5H3/b13-10-,18-16+. The molecule has 1 nitrogen and oxygen atoms in total. The molecule has 1 heteroatoms. The summed E-state index contributed by atoms with van der Waals surface area (Å²) in [5.74, 6) is 0. The van der Waals surface area contributed by atoms with E-state index in [4.69, 9.17) is 0 Å². The Hall–Kier alpha value is -1.11. The molecule has 0 bridgehead atoms. The minimum atomic E-state index is 0.166. The summed E-state index contributed by atoms with van der Waals surface area (Å²) in [5.41, 5.74) is 1.30. The largest absolute Gasteiger partial charge is 0.261 e. The summed E-state index contributed by atoms with van der Waals surface area (Å²) < 4.78 is 0. The molecule has 0 aromatic heterocycles. The molecular formula is C17H29N. The Morgan fingerprint density at radius 1 is 1.11 bits per heavy atom. The van der Waals surface area contributed by atoms with Crippen LogP contribution in [0.4, 0.5) is 0 Å². The van der Waals surface area contributed by atoms with Crippen molar-refractivity contribution in [2.75, 3.05) is 0 Å². The van der Waals surface area contributed by atoms with Crippen molar-refractivity contribution in [3.05, 3.63) is 37.6 Å². The molecule has 0 amide bonds. The fourth-order valence-electron chi connectivity index (χ4n) is 2.17. The molecule has 0 aliphatic heterocycles. The van der Waals surface area contributed by atoms with Crippen molar-refractivity contribution in [3.63, 3.8) is 0 Å². The summed E-state index contributed by atoms with van der Waals surface area (Å²) in [5, 5.41) is 0. The Labute approximate surface area is 113 Å². The lowest BCUT2D eigenvalue weighted by Gasteiger charge is -2.30. The second-order valence-corrected chi connectivity index (χ2v) is 5.06. The van der Waals surface area contributed by atoms with E-state index in [0.29, 0.717) is 0 Å². The number of hydrogen-bond donors (Lipinski definition) is 0. The van der Waals surface area contributed by atoms with Crippen LogP contribution in [-0.4, -0.2) is 5.71 Å². The highest BCUT2D eigenvalue weighted by molar-refractivity contribution is 6.00. The lowest BCUT2D eigenvalue weighted by molar-refractivity contribution is 0.369. The second-order valence-electron chi connectivity index (χ2n) is 5.06. The quantitative estimate of drug-likeness (QED) is 0.347. The molecule has 18 heavy (non-hydrogen) atoms. The molecule has 0 N–H and O–H groups in total. The molecule has 0 rings (SSSR count). The topological polar surface area (TPSA) is 12.4 Å². The van der Waals surface area contributed by atoms with E-state index in [1.54, 1.807) is 12.3 Å². The molecule has 0 heterocycles. The molecule has 0 aliphatic carbocycles. The number of hydrogen-bond acceptors (Lipinski definition) is 1. The van der Waals surface area contributed by atoms with E-state index in [-0.39, 0.29) is 5.41 Å². The van der Waals surface area contributed by atoms with Gasteiger partial charge in [-0.05, 0) is 18.9 Å². The van der Waals surface area contributed by atoms with Gasteiger partial charge in [-0.1, -0.05) is 71.8 Å². The molecule has 0 unspecified atom stereocenters. The van der Waals surface area contributed by atoms with Gasteiger partial charge in [-0.2, -0.15) is 0 Å². The van der Waals surface area contributed by atoms with Gasteiger partial charge in [-0.15, -0.1) is 0 Å². The van der Waals surface area contributed by atoms with Gasteiger partial charge in [0.15, 0.2) is 0 Å². The molecule has 0 aliphatic rings. The summed E-state index contributed by atoms with van der Waals surface area (Å²) in [6.07, 6.45) is 14.9. The first-order valence-corrected chi connectivity index (χ1v) is 7.12. The molecule has 0 saturated carbocycles. The van der Waals surface area contributed by atoms with Crippen LogP contribution in [0, 0.1) is 5.41 Å². The zero-order chi connectivity index (χ0) is 13.9. The third-order valence-corrected chi connectivity index (χ3v) is 3.40. The highest BCUT2D eigenvalue weighted by Crippen LogP contribution is 2.33. The fourth-order valence-corrected chi connectivity index (χ4v) is 2.17. The summed E-state index contributed by atoms with van der Waals surface area (Å²) in [6.45, 7) is 14.3. The van der Waals surface area contributed by atoms with Gasteiger partial charge >= 0.3 is 0 Å². The van der Waals surface area contributed by atoms with E-state index in [9.17, 15) is 0 Å². The van der Waals surface area contributed by atoms with Gasteiger partial charge < -0.3 is 0 Å². The summed E-state index contributed by atoms with van der Waals surface area (Å²) in [6, 6.07) is 0. The molecular weight excluding hydrogens is 218 g/mol. The Morgan fingerprint density at radius 2 is 1.67 bits per heavy atom. The third kappa shape index (κ3) is 6.00. The molecule has 0 saturated heterocycles. The monoisotopic (exact) mass is 247 g/mol. The van der Waals surface area contributed by atoms with Crippen LogP contribution in [0.5, 0.6) is 0 Å². The van der Waals surface area contributed by atoms with Crippen LogP contribution in [-0.2, 0) is 0 Å². The molecule has 0 atom stereocenters. The smallest absolute Gasteiger partial charge is 0.0462 e. The van der Waals surface area contributed by atoms with Crippen LogP contribution in [0.2, 0.25) is 0 Å². The molecule has 0 aromatic rings. The highest BCUT2D eigenvalue weighted by atomic mass is 14.7.